The normalized spacial score (nSPS) is 27.6. The molecule has 3 atom stereocenters. The predicted molar refractivity (Wildman–Crippen MR) is 173 cm³/mol. The van der Waals surface area contributed by atoms with Gasteiger partial charge < -0.3 is 19.9 Å². The van der Waals surface area contributed by atoms with Gasteiger partial charge in [0.25, 0.3) is 0 Å². The molecule has 0 saturated heterocycles. The van der Waals surface area contributed by atoms with E-state index in [1.54, 1.807) is 0 Å². The van der Waals surface area contributed by atoms with Crippen LogP contribution in [0.25, 0.3) is 0 Å². The summed E-state index contributed by atoms with van der Waals surface area (Å²) in [5, 5.41) is 14.5. The van der Waals surface area contributed by atoms with E-state index in [1.807, 2.05) is 36.5 Å². The zero-order valence-corrected chi connectivity index (χ0v) is 26.6. The van der Waals surface area contributed by atoms with E-state index in [9.17, 15) is 9.90 Å². The van der Waals surface area contributed by atoms with Crippen molar-refractivity contribution in [1.82, 2.24) is 4.98 Å². The minimum atomic E-state index is -1.02. The Hall–Kier alpha value is -3.25. The molecule has 3 aliphatic carbocycles. The van der Waals surface area contributed by atoms with Crippen LogP contribution >= 0.6 is 11.6 Å². The highest BCUT2D eigenvalue weighted by Gasteiger charge is 2.54. The molecule has 0 bridgehead atoms. The van der Waals surface area contributed by atoms with Crippen LogP contribution in [-0.4, -0.2) is 34.8 Å². The Kier molecular flexibility index (Phi) is 7.76. The van der Waals surface area contributed by atoms with Gasteiger partial charge in [0.15, 0.2) is 0 Å². The van der Waals surface area contributed by atoms with Crippen LogP contribution in [0, 0.1) is 11.8 Å². The summed E-state index contributed by atoms with van der Waals surface area (Å²) in [4.78, 5) is 17.5. The predicted octanol–water partition coefficient (Wildman–Crippen LogP) is 8.13. The van der Waals surface area contributed by atoms with Crippen LogP contribution in [0.2, 0.25) is 5.02 Å². The minimum absolute atomic E-state index is 0.0550. The van der Waals surface area contributed by atoms with Gasteiger partial charge in [-0.3, -0.25) is 4.98 Å². The Balaban J connectivity index is 1.13. The first-order valence-corrected chi connectivity index (χ1v) is 16.8. The highest BCUT2D eigenvalue weighted by atomic mass is 35.5. The molecule has 0 amide bonds. The second kappa shape index (κ2) is 11.6. The molecule has 1 spiro atoms. The van der Waals surface area contributed by atoms with Gasteiger partial charge in [0.05, 0.1) is 13.2 Å². The van der Waals surface area contributed by atoms with Crippen LogP contribution in [0.4, 0.5) is 5.69 Å². The molecule has 4 aliphatic rings. The summed E-state index contributed by atoms with van der Waals surface area (Å²) in [6, 6.07) is 14.1. The van der Waals surface area contributed by atoms with Gasteiger partial charge in [-0.1, -0.05) is 37.6 Å². The summed E-state index contributed by atoms with van der Waals surface area (Å²) in [5.74, 6) is 2.50. The molecule has 7 rings (SSSR count). The van der Waals surface area contributed by atoms with Crippen molar-refractivity contribution in [3.05, 3.63) is 81.6 Å². The number of aryl methyl sites for hydroxylation is 1. The highest BCUT2D eigenvalue weighted by molar-refractivity contribution is 6.30. The van der Waals surface area contributed by atoms with Crippen LogP contribution in [-0.2, 0) is 29.5 Å². The number of carboxylic acids is 1. The molecule has 1 aromatic heterocycles. The molecule has 2 aromatic carbocycles. The topological polar surface area (TPSA) is 80.7 Å². The number of rotatable bonds is 8. The van der Waals surface area contributed by atoms with Gasteiger partial charge in [-0.05, 0) is 128 Å². The number of carboxylic acid groups (broad SMARTS) is 1. The van der Waals surface area contributed by atoms with Crippen molar-refractivity contribution >= 4 is 23.3 Å². The molecule has 0 unspecified atom stereocenters. The number of aliphatic carboxylic acids is 1. The number of nitrogens with one attached hydrogen (secondary N) is 1. The first-order valence-electron chi connectivity index (χ1n) is 16.4. The van der Waals surface area contributed by atoms with Gasteiger partial charge in [0.2, 0.25) is 0 Å². The summed E-state index contributed by atoms with van der Waals surface area (Å²) in [7, 11) is 0. The van der Waals surface area contributed by atoms with Crippen molar-refractivity contribution in [2.24, 2.45) is 11.8 Å². The number of benzene rings is 2. The summed E-state index contributed by atoms with van der Waals surface area (Å²) < 4.78 is 12.5. The van der Waals surface area contributed by atoms with Crippen molar-refractivity contribution in [2.75, 3.05) is 18.5 Å². The van der Waals surface area contributed by atoms with Gasteiger partial charge in [-0.2, -0.15) is 0 Å². The number of hydrogen-bond donors (Lipinski definition) is 2. The van der Waals surface area contributed by atoms with Gasteiger partial charge in [-0.25, -0.2) is 4.79 Å². The SMILES string of the molecule is C[C@@H](COc1ccnc2c1[C@H](C)CCC2)C[C@H]1Cc2cc3c(cc2C12CCC(Nc1cccc(Cl)c1)(C(=O)O)CC2)CCO3. The molecule has 44 heavy (non-hydrogen) atoms. The number of nitrogens with zero attached hydrogens (tertiary/aromatic N) is 1. The number of hydrogen-bond acceptors (Lipinski definition) is 5. The lowest BCUT2D eigenvalue weighted by Gasteiger charge is -2.47. The first kappa shape index (κ1) is 29.5. The molecule has 7 heteroatoms. The Morgan fingerprint density at radius 1 is 1.16 bits per heavy atom. The maximum Gasteiger partial charge on any atom is 0.329 e. The van der Waals surface area contributed by atoms with Crippen LogP contribution in [0.1, 0.15) is 92.7 Å². The maximum absolute atomic E-state index is 12.8. The monoisotopic (exact) mass is 614 g/mol. The molecule has 2 heterocycles. The Morgan fingerprint density at radius 3 is 2.80 bits per heavy atom. The fourth-order valence-corrected chi connectivity index (χ4v) is 8.97. The average Bonchev–Trinajstić information content (AvgIpc) is 3.58. The lowest BCUT2D eigenvalue weighted by molar-refractivity contribution is -0.144. The lowest BCUT2D eigenvalue weighted by atomic mass is 9.59. The molecular weight excluding hydrogens is 572 g/mol. The molecule has 1 aliphatic heterocycles. The van der Waals surface area contributed by atoms with Crippen molar-refractivity contribution in [2.45, 2.75) is 94.9 Å². The van der Waals surface area contributed by atoms with Crippen molar-refractivity contribution in [1.29, 1.82) is 0 Å². The summed E-state index contributed by atoms with van der Waals surface area (Å²) in [6.07, 6.45) is 11.1. The van der Waals surface area contributed by atoms with Crippen molar-refractivity contribution in [3.63, 3.8) is 0 Å². The number of aromatic nitrogens is 1. The van der Waals surface area contributed by atoms with Crippen LogP contribution in [0.3, 0.4) is 0 Å². The number of ether oxygens (including phenoxy) is 2. The van der Waals surface area contributed by atoms with E-state index in [0.717, 1.165) is 62.3 Å². The second-order valence-electron chi connectivity index (χ2n) is 13.9. The highest BCUT2D eigenvalue weighted by Crippen LogP contribution is 2.57. The van der Waals surface area contributed by atoms with E-state index >= 15 is 0 Å². The quantitative estimate of drug-likeness (QED) is 0.267. The maximum atomic E-state index is 12.8. The smallest absolute Gasteiger partial charge is 0.329 e. The zero-order valence-electron chi connectivity index (χ0n) is 25.8. The fourth-order valence-electron chi connectivity index (χ4n) is 8.78. The third-order valence-corrected chi connectivity index (χ3v) is 11.3. The summed E-state index contributed by atoms with van der Waals surface area (Å²) in [5.41, 5.74) is 6.29. The Morgan fingerprint density at radius 2 is 2.00 bits per heavy atom. The van der Waals surface area contributed by atoms with E-state index in [0.29, 0.717) is 42.2 Å². The molecule has 2 N–H and O–H groups in total. The number of anilines is 1. The van der Waals surface area contributed by atoms with Gasteiger partial charge in [-0.15, -0.1) is 0 Å². The second-order valence-corrected chi connectivity index (χ2v) is 14.3. The van der Waals surface area contributed by atoms with Crippen LogP contribution in [0.5, 0.6) is 11.5 Å². The lowest BCUT2D eigenvalue weighted by Crippen LogP contribution is -2.53. The molecule has 232 valence electrons. The fraction of sp³-hybridized carbons (Fsp3) is 0.514. The van der Waals surface area contributed by atoms with E-state index < -0.39 is 11.5 Å². The molecule has 0 radical (unpaired) electrons. The van der Waals surface area contributed by atoms with Gasteiger partial charge in [0, 0.05) is 34.6 Å². The standard InChI is InChI=1S/C37H43ClN2O4/c1-23(22-44-32-9-15-39-31-8-3-5-24(2)34(31)32)17-27-18-26-20-33-25(10-16-43-33)19-30(26)36(27)11-13-37(14-12-36,35(41)42)40-29-7-4-6-28(38)21-29/h4,6-7,9,15,19-21,23-24,27,40H,3,5,8,10-14,16-18,22H2,1-2H3,(H,41,42)/t23-,24-,27+,36?,37?/m1/s1. The number of fused-ring (bicyclic) bond motifs is 4. The van der Waals surface area contributed by atoms with Gasteiger partial charge >= 0.3 is 5.97 Å². The van der Waals surface area contributed by atoms with Crippen molar-refractivity contribution < 1.29 is 19.4 Å². The van der Waals surface area contributed by atoms with Crippen molar-refractivity contribution in [3.8, 4) is 11.5 Å². The number of carbonyl (C=O) groups is 1. The van der Waals surface area contributed by atoms with E-state index in [4.69, 9.17) is 21.1 Å². The number of pyridine rings is 1. The van der Waals surface area contributed by atoms with Crippen LogP contribution in [0.15, 0.2) is 48.7 Å². The largest absolute Gasteiger partial charge is 0.493 e. The van der Waals surface area contributed by atoms with E-state index in [2.05, 4.69) is 36.3 Å². The summed E-state index contributed by atoms with van der Waals surface area (Å²) in [6.45, 7) is 6.01. The molecule has 3 aromatic rings. The Labute approximate surface area is 265 Å². The summed E-state index contributed by atoms with van der Waals surface area (Å²) >= 11 is 6.25. The van der Waals surface area contributed by atoms with E-state index in [-0.39, 0.29) is 5.41 Å². The third-order valence-electron chi connectivity index (χ3n) is 11.1. The minimum Gasteiger partial charge on any atom is -0.493 e. The first-order chi connectivity index (χ1) is 21.3. The van der Waals surface area contributed by atoms with E-state index in [1.165, 1.54) is 40.8 Å². The number of halogens is 1. The Bertz CT molecular complexity index is 1560. The molecular formula is C37H43ClN2O4. The van der Waals surface area contributed by atoms with Gasteiger partial charge in [0.1, 0.15) is 17.0 Å². The third kappa shape index (κ3) is 5.23. The molecule has 1 fully saturated rings. The van der Waals surface area contributed by atoms with Crippen LogP contribution < -0.4 is 14.8 Å². The average molecular weight is 615 g/mol. The zero-order chi connectivity index (χ0) is 30.5. The molecule has 1 saturated carbocycles. The molecule has 6 nitrogen and oxygen atoms in total.